The first-order valence-corrected chi connectivity index (χ1v) is 10.7. The molecule has 2 aromatic carbocycles. The second-order valence-corrected chi connectivity index (χ2v) is 8.54. The van der Waals surface area contributed by atoms with Gasteiger partial charge in [-0.1, -0.05) is 25.1 Å². The Morgan fingerprint density at radius 2 is 1.76 bits per heavy atom. The number of anilines is 3. The topological polar surface area (TPSA) is 61.6 Å². The zero-order valence-electron chi connectivity index (χ0n) is 17.6. The number of carbonyl (C=O) groups excluding carboxylic acids is 1. The summed E-state index contributed by atoms with van der Waals surface area (Å²) in [6.07, 6.45) is 2.05. The molecule has 3 N–H and O–H groups in total. The zero-order valence-corrected chi connectivity index (χ0v) is 17.6. The fourth-order valence-corrected chi connectivity index (χ4v) is 4.76. The molecule has 2 aliphatic heterocycles. The van der Waals surface area contributed by atoms with Gasteiger partial charge < -0.3 is 20.9 Å². The molecule has 0 aliphatic carbocycles. The summed E-state index contributed by atoms with van der Waals surface area (Å²) in [5, 5.41) is 3.74. The van der Waals surface area contributed by atoms with Gasteiger partial charge in [-0.25, -0.2) is 0 Å². The smallest absolute Gasteiger partial charge is 0.224 e. The highest BCUT2D eigenvalue weighted by Crippen LogP contribution is 2.44. The molecule has 0 unspecified atom stereocenters. The van der Waals surface area contributed by atoms with Gasteiger partial charge in [0.05, 0.1) is 6.04 Å². The minimum atomic E-state index is 0.0976. The second kappa shape index (κ2) is 8.07. The maximum Gasteiger partial charge on any atom is 0.224 e. The molecule has 1 saturated heterocycles. The Labute approximate surface area is 173 Å². The van der Waals surface area contributed by atoms with Crippen molar-refractivity contribution in [3.05, 3.63) is 54.1 Å². The van der Waals surface area contributed by atoms with Crippen LogP contribution in [0.15, 0.2) is 48.5 Å². The van der Waals surface area contributed by atoms with Crippen LogP contribution in [0.1, 0.15) is 45.2 Å². The molecule has 5 nitrogen and oxygen atoms in total. The molecule has 5 heteroatoms. The molecule has 2 heterocycles. The number of rotatable bonds is 3. The Morgan fingerprint density at radius 3 is 2.41 bits per heavy atom. The number of nitrogens with two attached hydrogens (primary N) is 1. The third-order valence-electron chi connectivity index (χ3n) is 6.64. The predicted octanol–water partition coefficient (Wildman–Crippen LogP) is 4.16. The van der Waals surface area contributed by atoms with Crippen LogP contribution in [0.5, 0.6) is 0 Å². The number of nitrogens with one attached hydrogen (secondary N) is 1. The van der Waals surface area contributed by atoms with Crippen LogP contribution in [0, 0.1) is 5.92 Å². The molecule has 2 aromatic rings. The number of hydrogen-bond donors (Lipinski definition) is 2. The van der Waals surface area contributed by atoms with Gasteiger partial charge >= 0.3 is 0 Å². The Kier molecular flexibility index (Phi) is 5.50. The van der Waals surface area contributed by atoms with Crippen molar-refractivity contribution in [3.8, 4) is 0 Å². The Morgan fingerprint density at radius 1 is 1.07 bits per heavy atom. The maximum absolute atomic E-state index is 12.5. The largest absolute Gasteiger partial charge is 0.378 e. The summed E-state index contributed by atoms with van der Waals surface area (Å²) in [7, 11) is 0. The van der Waals surface area contributed by atoms with Gasteiger partial charge in [-0.15, -0.1) is 0 Å². The molecule has 4 rings (SSSR count). The SMILES string of the molecule is CC(=O)N1c2ccc(N3CCC(N)CC3)cc2[C@H](Nc2ccccc2)[C@@H](C)[C@@H]1C. The van der Waals surface area contributed by atoms with Crippen LogP contribution in [-0.4, -0.2) is 31.1 Å². The number of fused-ring (bicyclic) bond motifs is 1. The summed E-state index contributed by atoms with van der Waals surface area (Å²) in [5.74, 6) is 0.372. The molecule has 29 heavy (non-hydrogen) atoms. The van der Waals surface area contributed by atoms with E-state index in [1.54, 1.807) is 6.92 Å². The second-order valence-electron chi connectivity index (χ2n) is 8.54. The van der Waals surface area contributed by atoms with Crippen LogP contribution in [-0.2, 0) is 4.79 Å². The van der Waals surface area contributed by atoms with Crippen molar-refractivity contribution in [2.75, 3.05) is 28.2 Å². The Balaban J connectivity index is 1.74. The number of carbonyl (C=O) groups is 1. The van der Waals surface area contributed by atoms with E-state index in [-0.39, 0.29) is 23.9 Å². The van der Waals surface area contributed by atoms with Gasteiger partial charge in [0, 0.05) is 60.6 Å². The van der Waals surface area contributed by atoms with Gasteiger partial charge in [-0.05, 0) is 50.1 Å². The highest BCUT2D eigenvalue weighted by atomic mass is 16.2. The van der Waals surface area contributed by atoms with Gasteiger partial charge in [-0.2, -0.15) is 0 Å². The fourth-order valence-electron chi connectivity index (χ4n) is 4.76. The number of nitrogens with zero attached hydrogens (tertiary/aromatic N) is 2. The molecule has 2 aliphatic rings. The number of amides is 1. The first kappa shape index (κ1) is 19.8. The van der Waals surface area contributed by atoms with Crippen molar-refractivity contribution in [3.63, 3.8) is 0 Å². The lowest BCUT2D eigenvalue weighted by atomic mass is 9.82. The first-order valence-electron chi connectivity index (χ1n) is 10.7. The van der Waals surface area contributed by atoms with Crippen LogP contribution in [0.25, 0.3) is 0 Å². The lowest BCUT2D eigenvalue weighted by Gasteiger charge is -2.44. The van der Waals surface area contributed by atoms with Crippen molar-refractivity contribution < 1.29 is 4.79 Å². The lowest BCUT2D eigenvalue weighted by Crippen LogP contribution is -2.48. The molecule has 0 radical (unpaired) electrons. The molecular weight excluding hydrogens is 360 g/mol. The van der Waals surface area contributed by atoms with E-state index in [9.17, 15) is 4.79 Å². The van der Waals surface area contributed by atoms with Crippen molar-refractivity contribution in [2.24, 2.45) is 11.7 Å². The van der Waals surface area contributed by atoms with Gasteiger partial charge in [0.2, 0.25) is 5.91 Å². The summed E-state index contributed by atoms with van der Waals surface area (Å²) in [6, 6.07) is 17.5. The Hall–Kier alpha value is -2.53. The van der Waals surface area contributed by atoms with E-state index in [1.807, 2.05) is 11.0 Å². The van der Waals surface area contributed by atoms with Gasteiger partial charge in [-0.3, -0.25) is 4.79 Å². The highest BCUT2D eigenvalue weighted by Gasteiger charge is 2.38. The molecule has 0 spiro atoms. The summed E-state index contributed by atoms with van der Waals surface area (Å²) >= 11 is 0. The van der Waals surface area contributed by atoms with E-state index >= 15 is 0 Å². The molecule has 0 bridgehead atoms. The summed E-state index contributed by atoms with van der Waals surface area (Å²) in [4.78, 5) is 16.9. The molecule has 154 valence electrons. The molecule has 0 aromatic heterocycles. The quantitative estimate of drug-likeness (QED) is 0.823. The molecule has 0 saturated carbocycles. The zero-order chi connectivity index (χ0) is 20.5. The van der Waals surface area contributed by atoms with E-state index in [0.717, 1.165) is 37.3 Å². The average Bonchev–Trinajstić information content (AvgIpc) is 2.72. The van der Waals surface area contributed by atoms with E-state index < -0.39 is 0 Å². The van der Waals surface area contributed by atoms with E-state index in [2.05, 4.69) is 66.5 Å². The summed E-state index contributed by atoms with van der Waals surface area (Å²) in [6.45, 7) is 8.02. The third-order valence-corrected chi connectivity index (χ3v) is 6.64. The van der Waals surface area contributed by atoms with Gasteiger partial charge in [0.15, 0.2) is 0 Å². The van der Waals surface area contributed by atoms with E-state index in [0.29, 0.717) is 6.04 Å². The highest BCUT2D eigenvalue weighted by molar-refractivity contribution is 5.94. The Bertz CT molecular complexity index is 860. The maximum atomic E-state index is 12.5. The molecule has 3 atom stereocenters. The number of benzene rings is 2. The molecule has 1 amide bonds. The van der Waals surface area contributed by atoms with Crippen LogP contribution in [0.4, 0.5) is 17.1 Å². The van der Waals surface area contributed by atoms with Gasteiger partial charge in [0.1, 0.15) is 0 Å². The average molecular weight is 393 g/mol. The van der Waals surface area contributed by atoms with Crippen molar-refractivity contribution in [1.29, 1.82) is 0 Å². The summed E-state index contributed by atoms with van der Waals surface area (Å²) < 4.78 is 0. The van der Waals surface area contributed by atoms with Crippen LogP contribution >= 0.6 is 0 Å². The first-order chi connectivity index (χ1) is 14.0. The minimum absolute atomic E-state index is 0.0976. The number of piperidine rings is 1. The molecular formula is C24H32N4O. The lowest BCUT2D eigenvalue weighted by molar-refractivity contribution is -0.117. The van der Waals surface area contributed by atoms with Crippen molar-refractivity contribution in [1.82, 2.24) is 0 Å². The van der Waals surface area contributed by atoms with Crippen LogP contribution in [0.2, 0.25) is 0 Å². The molecule has 1 fully saturated rings. The van der Waals surface area contributed by atoms with Crippen molar-refractivity contribution >= 4 is 23.0 Å². The predicted molar refractivity (Wildman–Crippen MR) is 120 cm³/mol. The summed E-state index contributed by atoms with van der Waals surface area (Å²) in [5.41, 5.74) is 10.6. The van der Waals surface area contributed by atoms with Gasteiger partial charge in [0.25, 0.3) is 0 Å². The van der Waals surface area contributed by atoms with Crippen molar-refractivity contribution in [2.45, 2.75) is 51.7 Å². The van der Waals surface area contributed by atoms with Crippen LogP contribution < -0.4 is 20.9 Å². The fraction of sp³-hybridized carbons (Fsp3) is 0.458. The number of para-hydroxylation sites is 1. The van der Waals surface area contributed by atoms with Crippen LogP contribution in [0.3, 0.4) is 0 Å². The van der Waals surface area contributed by atoms with E-state index in [4.69, 9.17) is 5.73 Å². The minimum Gasteiger partial charge on any atom is -0.378 e. The third kappa shape index (κ3) is 3.84. The normalized spacial score (nSPS) is 24.9. The monoisotopic (exact) mass is 392 g/mol. The van der Waals surface area contributed by atoms with E-state index in [1.165, 1.54) is 11.3 Å². The standard InChI is InChI=1S/C24H32N4O/c1-16-17(2)28(18(3)29)23-10-9-21(27-13-11-19(25)12-14-27)15-22(23)24(16)26-20-7-5-4-6-8-20/h4-10,15-17,19,24,26H,11-14,25H2,1-3H3/t16-,17-,24+/m0/s1. The number of hydrogen-bond acceptors (Lipinski definition) is 4.